The second-order valence-electron chi connectivity index (χ2n) is 17.5. The summed E-state index contributed by atoms with van der Waals surface area (Å²) in [6.07, 6.45) is 0. The number of benzene rings is 11. The van der Waals surface area contributed by atoms with Gasteiger partial charge in [-0.15, -0.1) is 0 Å². The van der Waals surface area contributed by atoms with Crippen LogP contribution in [0.25, 0.3) is 76.9 Å². The predicted molar refractivity (Wildman–Crippen MR) is 272 cm³/mol. The highest BCUT2D eigenvalue weighted by molar-refractivity contribution is 6.11. The van der Waals surface area contributed by atoms with Crippen molar-refractivity contribution in [1.82, 2.24) is 0 Å². The third kappa shape index (κ3) is 5.14. The molecule has 308 valence electrons. The molecule has 2 aliphatic rings. The van der Waals surface area contributed by atoms with Crippen molar-refractivity contribution >= 4 is 60.5 Å². The summed E-state index contributed by atoms with van der Waals surface area (Å²) >= 11 is 0. The van der Waals surface area contributed by atoms with E-state index in [-0.39, 0.29) is 0 Å². The first kappa shape index (κ1) is 36.8. The van der Waals surface area contributed by atoms with Gasteiger partial charge in [0.1, 0.15) is 17.1 Å². The molecule has 2 heterocycles. The fourth-order valence-electron chi connectivity index (χ4n) is 11.3. The van der Waals surface area contributed by atoms with Crippen molar-refractivity contribution in [2.75, 3.05) is 4.90 Å². The van der Waals surface area contributed by atoms with Crippen molar-refractivity contribution in [2.24, 2.45) is 0 Å². The first-order valence-electron chi connectivity index (χ1n) is 22.7. The third-order valence-electron chi connectivity index (χ3n) is 14.1. The summed E-state index contributed by atoms with van der Waals surface area (Å²) in [5.74, 6) is 1.85. The zero-order valence-electron chi connectivity index (χ0n) is 35.8. The monoisotopic (exact) mass is 841 g/mol. The van der Waals surface area contributed by atoms with E-state index >= 15 is 0 Å². The van der Waals surface area contributed by atoms with Crippen molar-refractivity contribution < 1.29 is 9.15 Å². The van der Waals surface area contributed by atoms with E-state index in [0.29, 0.717) is 0 Å². The van der Waals surface area contributed by atoms with Crippen molar-refractivity contribution in [1.29, 1.82) is 0 Å². The van der Waals surface area contributed by atoms with Gasteiger partial charge in [0.05, 0.1) is 16.8 Å². The lowest BCUT2D eigenvalue weighted by Gasteiger charge is -2.40. The fraction of sp³-hybridized carbons (Fsp3) is 0.0159. The molecule has 1 aliphatic heterocycles. The molecule has 0 amide bonds. The SMILES string of the molecule is c1ccc(N(c2ccccc2-c2ccccc2-c2ccc3c(c2)-c2ccccc2C32c3ccc4ccccc4c3Oc3c2ccc2ccccc32)c2cccc3c2oc2ccccc23)cc1. The number of rotatable bonds is 5. The highest BCUT2D eigenvalue weighted by atomic mass is 16.5. The summed E-state index contributed by atoms with van der Waals surface area (Å²) in [5.41, 5.74) is 16.1. The molecule has 0 fully saturated rings. The first-order chi connectivity index (χ1) is 32.8. The Morgan fingerprint density at radius 1 is 0.333 bits per heavy atom. The molecule has 11 aromatic carbocycles. The smallest absolute Gasteiger partial charge is 0.159 e. The van der Waals surface area contributed by atoms with Crippen LogP contribution in [-0.4, -0.2) is 0 Å². The van der Waals surface area contributed by atoms with Crippen molar-refractivity contribution in [3.8, 4) is 44.9 Å². The Morgan fingerprint density at radius 2 is 0.879 bits per heavy atom. The zero-order valence-corrected chi connectivity index (χ0v) is 35.8. The maximum absolute atomic E-state index is 7.20. The van der Waals surface area contributed by atoms with E-state index in [0.717, 1.165) is 105 Å². The maximum atomic E-state index is 7.20. The number of fused-ring (bicyclic) bond motifs is 16. The lowest BCUT2D eigenvalue weighted by molar-refractivity contribution is 0.447. The fourth-order valence-corrected chi connectivity index (χ4v) is 11.3. The average molecular weight is 842 g/mol. The van der Waals surface area contributed by atoms with Gasteiger partial charge in [0, 0.05) is 43.9 Å². The number of hydrogen-bond donors (Lipinski definition) is 0. The first-order valence-corrected chi connectivity index (χ1v) is 22.7. The van der Waals surface area contributed by atoms with Crippen LogP contribution in [0.1, 0.15) is 22.3 Å². The molecule has 1 aliphatic carbocycles. The van der Waals surface area contributed by atoms with Gasteiger partial charge in [-0.1, -0.05) is 200 Å². The molecule has 66 heavy (non-hydrogen) atoms. The Morgan fingerprint density at radius 3 is 1.64 bits per heavy atom. The molecule has 0 bridgehead atoms. The second kappa shape index (κ2) is 14.2. The quantitative estimate of drug-likeness (QED) is 0.173. The van der Waals surface area contributed by atoms with E-state index < -0.39 is 5.41 Å². The molecule has 0 N–H and O–H groups in total. The van der Waals surface area contributed by atoms with Crippen LogP contribution in [0.2, 0.25) is 0 Å². The topological polar surface area (TPSA) is 25.6 Å². The van der Waals surface area contributed by atoms with E-state index in [9.17, 15) is 0 Å². The Kier molecular flexibility index (Phi) is 7.90. The van der Waals surface area contributed by atoms with Crippen molar-refractivity contribution in [3.05, 3.63) is 259 Å². The van der Waals surface area contributed by atoms with Crippen molar-refractivity contribution in [2.45, 2.75) is 5.41 Å². The molecule has 0 saturated carbocycles. The van der Waals surface area contributed by atoms with Gasteiger partial charge in [-0.2, -0.15) is 0 Å². The molecule has 3 nitrogen and oxygen atoms in total. The number of nitrogens with zero attached hydrogens (tertiary/aromatic N) is 1. The summed E-state index contributed by atoms with van der Waals surface area (Å²) in [6, 6.07) is 85.6. The minimum Gasteiger partial charge on any atom is -0.455 e. The van der Waals surface area contributed by atoms with Crippen LogP contribution in [0.3, 0.4) is 0 Å². The van der Waals surface area contributed by atoms with Gasteiger partial charge < -0.3 is 14.1 Å². The van der Waals surface area contributed by atoms with Gasteiger partial charge in [-0.25, -0.2) is 0 Å². The molecule has 12 aromatic rings. The van der Waals surface area contributed by atoms with Crippen molar-refractivity contribution in [3.63, 3.8) is 0 Å². The van der Waals surface area contributed by atoms with E-state index in [1.165, 1.54) is 22.3 Å². The molecule has 1 aromatic heterocycles. The molecular formula is C63H39NO2. The maximum Gasteiger partial charge on any atom is 0.159 e. The van der Waals surface area contributed by atoms with Crippen LogP contribution in [-0.2, 0) is 5.41 Å². The highest BCUT2D eigenvalue weighted by Gasteiger charge is 2.52. The van der Waals surface area contributed by atoms with Gasteiger partial charge in [-0.05, 0) is 86.1 Å². The minimum atomic E-state index is -0.610. The van der Waals surface area contributed by atoms with Gasteiger partial charge in [0.25, 0.3) is 0 Å². The number of ether oxygens (including phenoxy) is 1. The van der Waals surface area contributed by atoms with Crippen LogP contribution in [0.15, 0.2) is 241 Å². The summed E-state index contributed by atoms with van der Waals surface area (Å²) in [7, 11) is 0. The molecule has 0 unspecified atom stereocenters. The van der Waals surface area contributed by atoms with Crippen LogP contribution >= 0.6 is 0 Å². The van der Waals surface area contributed by atoms with E-state index in [4.69, 9.17) is 9.15 Å². The van der Waals surface area contributed by atoms with Gasteiger partial charge in [-0.3, -0.25) is 0 Å². The number of anilines is 3. The molecule has 0 atom stereocenters. The average Bonchev–Trinajstić information content (AvgIpc) is 3.91. The Labute approximate surface area is 382 Å². The molecule has 1 spiro atoms. The zero-order chi connectivity index (χ0) is 43.3. The van der Waals surface area contributed by atoms with Gasteiger partial charge in [0.2, 0.25) is 0 Å². The molecule has 0 saturated heterocycles. The summed E-state index contributed by atoms with van der Waals surface area (Å²) < 4.78 is 13.9. The Bertz CT molecular complexity index is 3850. The molecular weight excluding hydrogens is 803 g/mol. The van der Waals surface area contributed by atoms with Crippen LogP contribution < -0.4 is 9.64 Å². The molecule has 0 radical (unpaired) electrons. The molecule has 14 rings (SSSR count). The number of hydrogen-bond acceptors (Lipinski definition) is 3. The largest absolute Gasteiger partial charge is 0.455 e. The lowest BCUT2D eigenvalue weighted by atomic mass is 9.65. The van der Waals surface area contributed by atoms with Crippen LogP contribution in [0.4, 0.5) is 17.1 Å². The van der Waals surface area contributed by atoms with Gasteiger partial charge in [0.15, 0.2) is 5.58 Å². The summed E-state index contributed by atoms with van der Waals surface area (Å²) in [5, 5.41) is 6.75. The van der Waals surface area contributed by atoms with E-state index in [1.54, 1.807) is 0 Å². The number of furan rings is 1. The van der Waals surface area contributed by atoms with E-state index in [2.05, 4.69) is 235 Å². The Hall–Kier alpha value is -8.66. The second-order valence-corrected chi connectivity index (χ2v) is 17.5. The lowest BCUT2D eigenvalue weighted by Crippen LogP contribution is -2.32. The summed E-state index contributed by atoms with van der Waals surface area (Å²) in [4.78, 5) is 2.35. The number of para-hydroxylation sites is 4. The van der Waals surface area contributed by atoms with Crippen LogP contribution in [0.5, 0.6) is 11.5 Å². The summed E-state index contributed by atoms with van der Waals surface area (Å²) in [6.45, 7) is 0. The highest BCUT2D eigenvalue weighted by Crippen LogP contribution is 2.64. The van der Waals surface area contributed by atoms with E-state index in [1.807, 2.05) is 6.07 Å². The molecule has 3 heteroatoms. The third-order valence-corrected chi connectivity index (χ3v) is 14.1. The standard InChI is InChI=1S/C63H39NO2/c1-2-19-43(20-3-1)64(58-31-16-28-51-50-27-12-15-32-59(50)65-62(51)58)57-30-14-11-26-49(57)47-24-9-8-21-44(47)42-35-36-54-52(39-42)48-25-10-13-29-53(48)63(54)55-37-33-40-17-4-6-22-45(40)60(55)66-61-46-23-7-5-18-41(46)34-38-56(61)63/h1-39H. The Balaban J connectivity index is 0.989. The van der Waals surface area contributed by atoms with Gasteiger partial charge >= 0.3 is 0 Å². The predicted octanol–water partition coefficient (Wildman–Crippen LogP) is 17.2. The van der Waals surface area contributed by atoms with Crippen LogP contribution in [0, 0.1) is 0 Å². The normalized spacial score (nSPS) is 13.1. The minimum absolute atomic E-state index is 0.610.